The lowest BCUT2D eigenvalue weighted by Crippen LogP contribution is -2.19. The second kappa shape index (κ2) is 7.29. The number of carbonyl (C=O) groups is 3. The number of Topliss-reactive ketones (excluding diaryl/α,β-unsaturated/α-hetero) is 1. The first kappa shape index (κ1) is 17.7. The molecule has 0 amide bonds. The van der Waals surface area contributed by atoms with Crippen LogP contribution in [0.25, 0.3) is 5.57 Å². The van der Waals surface area contributed by atoms with E-state index in [0.29, 0.717) is 0 Å². The maximum Gasteiger partial charge on any atom is 0.340 e. The van der Waals surface area contributed by atoms with Gasteiger partial charge in [-0.3, -0.25) is 4.79 Å². The molecule has 0 fully saturated rings. The van der Waals surface area contributed by atoms with E-state index >= 15 is 0 Å². The van der Waals surface area contributed by atoms with Crippen LogP contribution in [-0.4, -0.2) is 27.9 Å². The van der Waals surface area contributed by atoms with Crippen LogP contribution in [0.15, 0.2) is 54.1 Å². The second-order valence-electron chi connectivity index (χ2n) is 4.65. The molecule has 2 N–H and O–H groups in total. The Hall–Kier alpha value is -2.63. The Morgan fingerprint density at radius 3 is 1.75 bits per heavy atom. The van der Waals surface area contributed by atoms with Crippen molar-refractivity contribution in [1.29, 1.82) is 0 Å². The fourth-order valence-electron chi connectivity index (χ4n) is 2.14. The van der Waals surface area contributed by atoms with Crippen molar-refractivity contribution in [3.05, 3.63) is 75.3 Å². The highest BCUT2D eigenvalue weighted by atomic mass is 35.5. The fraction of sp³-hybridized carbons (Fsp3) is 0. The van der Waals surface area contributed by atoms with E-state index < -0.39 is 28.9 Å². The maximum atomic E-state index is 12.7. The molecule has 0 aromatic heterocycles. The van der Waals surface area contributed by atoms with Crippen LogP contribution in [0.2, 0.25) is 10.0 Å². The quantitative estimate of drug-likeness (QED) is 0.364. The molecular weight excluding hydrogens is 355 g/mol. The molecule has 2 aromatic carbocycles. The van der Waals surface area contributed by atoms with E-state index in [0.717, 1.165) is 0 Å². The fourth-order valence-corrected chi connectivity index (χ4v) is 2.71. The Balaban J connectivity index is 2.78. The summed E-state index contributed by atoms with van der Waals surface area (Å²) in [5.74, 6) is -4.30. The largest absolute Gasteiger partial charge is 0.478 e. The number of rotatable bonds is 5. The van der Waals surface area contributed by atoms with E-state index in [-0.39, 0.29) is 21.2 Å². The minimum Gasteiger partial charge on any atom is -0.478 e. The van der Waals surface area contributed by atoms with Crippen molar-refractivity contribution < 1.29 is 24.6 Å². The number of carboxylic acid groups (broad SMARTS) is 2. The SMILES string of the molecule is O=C(O)/C(C(=O)c1c(Cl)cccc1Cl)=C(/C(=O)O)c1ccccc1. The van der Waals surface area contributed by atoms with Gasteiger partial charge in [-0.05, 0) is 17.7 Å². The maximum absolute atomic E-state index is 12.7. The van der Waals surface area contributed by atoms with Crippen LogP contribution in [0.1, 0.15) is 15.9 Å². The van der Waals surface area contributed by atoms with Crippen LogP contribution >= 0.6 is 23.2 Å². The molecule has 0 aliphatic heterocycles. The summed E-state index contributed by atoms with van der Waals surface area (Å²) in [7, 11) is 0. The normalized spacial score (nSPS) is 11.6. The molecule has 0 unspecified atom stereocenters. The third kappa shape index (κ3) is 3.48. The van der Waals surface area contributed by atoms with E-state index in [9.17, 15) is 24.6 Å². The van der Waals surface area contributed by atoms with Gasteiger partial charge < -0.3 is 10.2 Å². The molecule has 0 radical (unpaired) electrons. The number of carbonyl (C=O) groups excluding carboxylic acids is 1. The predicted octanol–water partition coefficient (Wildman–Crippen LogP) is 3.80. The summed E-state index contributed by atoms with van der Waals surface area (Å²) in [6, 6.07) is 11.7. The van der Waals surface area contributed by atoms with Gasteiger partial charge in [-0.1, -0.05) is 59.6 Å². The van der Waals surface area contributed by atoms with Gasteiger partial charge in [0.1, 0.15) is 5.57 Å². The van der Waals surface area contributed by atoms with Gasteiger partial charge in [0.05, 0.1) is 21.2 Å². The summed E-state index contributed by atoms with van der Waals surface area (Å²) in [4.78, 5) is 35.9. The molecule has 122 valence electrons. The summed E-state index contributed by atoms with van der Waals surface area (Å²) in [6.45, 7) is 0. The topological polar surface area (TPSA) is 91.7 Å². The monoisotopic (exact) mass is 364 g/mol. The Bertz CT molecular complexity index is 836. The third-order valence-corrected chi connectivity index (χ3v) is 3.79. The van der Waals surface area contributed by atoms with E-state index in [1.54, 1.807) is 6.07 Å². The first-order valence-corrected chi connectivity index (χ1v) is 7.35. The van der Waals surface area contributed by atoms with Crippen LogP contribution in [0, 0.1) is 0 Å². The zero-order chi connectivity index (χ0) is 17.9. The highest BCUT2D eigenvalue weighted by Crippen LogP contribution is 2.30. The molecular formula is C17H10Cl2O5. The van der Waals surface area contributed by atoms with Gasteiger partial charge in [-0.2, -0.15) is 0 Å². The summed E-state index contributed by atoms with van der Waals surface area (Å²) >= 11 is 11.9. The molecule has 0 heterocycles. The van der Waals surface area contributed by atoms with Crippen molar-refractivity contribution in [3.8, 4) is 0 Å². The van der Waals surface area contributed by atoms with Gasteiger partial charge in [-0.25, -0.2) is 9.59 Å². The minimum atomic E-state index is -1.68. The van der Waals surface area contributed by atoms with Gasteiger partial charge >= 0.3 is 11.9 Å². The van der Waals surface area contributed by atoms with Crippen molar-refractivity contribution in [2.24, 2.45) is 0 Å². The molecule has 7 heteroatoms. The first-order valence-electron chi connectivity index (χ1n) is 6.59. The summed E-state index contributed by atoms with van der Waals surface area (Å²) in [5.41, 5.74) is -1.72. The highest BCUT2D eigenvalue weighted by Gasteiger charge is 2.30. The van der Waals surface area contributed by atoms with E-state index in [2.05, 4.69) is 0 Å². The van der Waals surface area contributed by atoms with Crippen LogP contribution in [0.3, 0.4) is 0 Å². The molecule has 24 heavy (non-hydrogen) atoms. The van der Waals surface area contributed by atoms with E-state index in [1.807, 2.05) is 0 Å². The lowest BCUT2D eigenvalue weighted by atomic mass is 9.94. The molecule has 0 atom stereocenters. The summed E-state index contributed by atoms with van der Waals surface area (Å²) in [6.07, 6.45) is 0. The Morgan fingerprint density at radius 1 is 0.750 bits per heavy atom. The van der Waals surface area contributed by atoms with Gasteiger partial charge in [-0.15, -0.1) is 0 Å². The van der Waals surface area contributed by atoms with Crippen molar-refractivity contribution in [3.63, 3.8) is 0 Å². The number of hydrogen-bond donors (Lipinski definition) is 2. The molecule has 0 spiro atoms. The van der Waals surface area contributed by atoms with E-state index in [4.69, 9.17) is 23.2 Å². The number of benzene rings is 2. The minimum absolute atomic E-state index is 0.0657. The lowest BCUT2D eigenvalue weighted by Gasteiger charge is -2.11. The van der Waals surface area contributed by atoms with Gasteiger partial charge in [0.15, 0.2) is 0 Å². The van der Waals surface area contributed by atoms with Crippen LogP contribution in [0.4, 0.5) is 0 Å². The molecule has 0 aliphatic rings. The van der Waals surface area contributed by atoms with Gasteiger partial charge in [0.25, 0.3) is 0 Å². The Labute approximate surface area is 146 Å². The number of carboxylic acids is 2. The second-order valence-corrected chi connectivity index (χ2v) is 5.47. The molecule has 2 aromatic rings. The van der Waals surface area contributed by atoms with Gasteiger partial charge in [0.2, 0.25) is 5.78 Å². The summed E-state index contributed by atoms with van der Waals surface area (Å²) in [5, 5.41) is 18.7. The number of ketones is 1. The third-order valence-electron chi connectivity index (χ3n) is 3.16. The predicted molar refractivity (Wildman–Crippen MR) is 89.4 cm³/mol. The van der Waals surface area contributed by atoms with Crippen LogP contribution in [0.5, 0.6) is 0 Å². The Kier molecular flexibility index (Phi) is 5.39. The van der Waals surface area contributed by atoms with Crippen LogP contribution < -0.4 is 0 Å². The Morgan fingerprint density at radius 2 is 1.29 bits per heavy atom. The molecule has 0 aliphatic carbocycles. The summed E-state index contributed by atoms with van der Waals surface area (Å²) < 4.78 is 0. The molecule has 5 nitrogen and oxygen atoms in total. The molecule has 0 saturated heterocycles. The standard InChI is InChI=1S/C17H10Cl2O5/c18-10-7-4-8-11(19)13(10)15(20)14(17(23)24)12(16(21)22)9-5-2-1-3-6-9/h1-8H,(H,21,22)(H,23,24)/b14-12+. The average molecular weight is 365 g/mol. The number of halogens is 2. The average Bonchev–Trinajstić information content (AvgIpc) is 2.52. The van der Waals surface area contributed by atoms with Crippen molar-refractivity contribution >= 4 is 46.5 Å². The first-order chi connectivity index (χ1) is 11.3. The molecule has 0 saturated carbocycles. The zero-order valence-corrected chi connectivity index (χ0v) is 13.5. The zero-order valence-electron chi connectivity index (χ0n) is 12.0. The molecule has 0 bridgehead atoms. The lowest BCUT2D eigenvalue weighted by molar-refractivity contribution is -0.134. The number of aliphatic carboxylic acids is 2. The number of hydrogen-bond acceptors (Lipinski definition) is 3. The molecule has 2 rings (SSSR count). The van der Waals surface area contributed by atoms with Gasteiger partial charge in [0, 0.05) is 0 Å². The smallest absolute Gasteiger partial charge is 0.340 e. The highest BCUT2D eigenvalue weighted by molar-refractivity contribution is 6.45. The van der Waals surface area contributed by atoms with Crippen LogP contribution in [-0.2, 0) is 9.59 Å². The van der Waals surface area contributed by atoms with Crippen molar-refractivity contribution in [2.75, 3.05) is 0 Å². The van der Waals surface area contributed by atoms with E-state index in [1.165, 1.54) is 42.5 Å². The van der Waals surface area contributed by atoms with Crippen molar-refractivity contribution in [1.82, 2.24) is 0 Å². The van der Waals surface area contributed by atoms with Crippen molar-refractivity contribution in [2.45, 2.75) is 0 Å².